The van der Waals surface area contributed by atoms with Gasteiger partial charge in [-0.2, -0.15) is 5.10 Å². The second-order valence-electron chi connectivity index (χ2n) is 8.55. The Hall–Kier alpha value is -4.00. The van der Waals surface area contributed by atoms with E-state index in [9.17, 15) is 9.59 Å². The lowest BCUT2D eigenvalue weighted by atomic mass is 9.92. The number of aryl methyl sites for hydroxylation is 1. The minimum absolute atomic E-state index is 0.0297. The van der Waals surface area contributed by atoms with Crippen LogP contribution in [0.25, 0.3) is 16.7 Å². The normalized spacial score (nSPS) is 14.7. The molecule has 2 aromatic carbocycles. The molecular weight excluding hydrogens is 404 g/mol. The van der Waals surface area contributed by atoms with E-state index in [1.807, 2.05) is 57.2 Å². The lowest BCUT2D eigenvalue weighted by molar-refractivity contribution is 0.0620. The Bertz CT molecular complexity index is 1370. The van der Waals surface area contributed by atoms with E-state index in [4.69, 9.17) is 4.74 Å². The maximum Gasteiger partial charge on any atom is 0.255 e. The fourth-order valence-electron chi connectivity index (χ4n) is 3.96. The van der Waals surface area contributed by atoms with Crippen LogP contribution >= 0.6 is 0 Å². The summed E-state index contributed by atoms with van der Waals surface area (Å²) < 4.78 is 7.66. The number of rotatable bonds is 3. The zero-order chi connectivity index (χ0) is 22.5. The van der Waals surface area contributed by atoms with Crippen molar-refractivity contribution in [2.24, 2.45) is 0 Å². The summed E-state index contributed by atoms with van der Waals surface area (Å²) in [5.74, 6) is 0.160. The molecule has 0 unspecified atom stereocenters. The number of anilines is 1. The number of benzene rings is 2. The summed E-state index contributed by atoms with van der Waals surface area (Å²) >= 11 is 0. The Morgan fingerprint density at radius 1 is 1.12 bits per heavy atom. The third kappa shape index (κ3) is 3.51. The van der Waals surface area contributed by atoms with E-state index in [1.165, 1.54) is 0 Å². The average Bonchev–Trinajstić information content (AvgIpc) is 3.09. The van der Waals surface area contributed by atoms with Gasteiger partial charge in [-0.1, -0.05) is 18.2 Å². The van der Waals surface area contributed by atoms with E-state index < -0.39 is 5.60 Å². The molecule has 2 aromatic heterocycles. The summed E-state index contributed by atoms with van der Waals surface area (Å²) in [6.07, 6.45) is 1.88. The fourth-order valence-corrected chi connectivity index (χ4v) is 3.96. The number of ketones is 1. The number of Topliss-reactive ketones (excluding diaryl/α,β-unsaturated/α-hetero) is 1. The van der Waals surface area contributed by atoms with Crippen molar-refractivity contribution in [3.05, 3.63) is 77.6 Å². The number of carbonyl (C=O) groups is 2. The van der Waals surface area contributed by atoms with Crippen molar-refractivity contribution in [2.75, 3.05) is 5.32 Å². The molecule has 0 bridgehead atoms. The SMILES string of the molecule is Cc1nn(-c2ccccc2)c2ncc(NC(=O)c3ccc4c(c3)C(=O)CC(C)(C)O4)cc12. The van der Waals surface area contributed by atoms with E-state index in [1.54, 1.807) is 29.1 Å². The summed E-state index contributed by atoms with van der Waals surface area (Å²) in [6, 6.07) is 16.6. The Morgan fingerprint density at radius 3 is 2.69 bits per heavy atom. The summed E-state index contributed by atoms with van der Waals surface area (Å²) in [4.78, 5) is 29.9. The van der Waals surface area contributed by atoms with Gasteiger partial charge in [0, 0.05) is 10.9 Å². The molecule has 0 saturated carbocycles. The van der Waals surface area contributed by atoms with E-state index in [0.717, 1.165) is 16.8 Å². The zero-order valence-corrected chi connectivity index (χ0v) is 18.0. The van der Waals surface area contributed by atoms with Crippen LogP contribution in [0.1, 0.15) is 46.7 Å². The largest absolute Gasteiger partial charge is 0.487 e. The van der Waals surface area contributed by atoms with E-state index in [2.05, 4.69) is 15.4 Å². The van der Waals surface area contributed by atoms with Crippen LogP contribution in [-0.4, -0.2) is 32.1 Å². The van der Waals surface area contributed by atoms with Gasteiger partial charge >= 0.3 is 0 Å². The van der Waals surface area contributed by atoms with Gasteiger partial charge in [0.2, 0.25) is 0 Å². The average molecular weight is 426 g/mol. The van der Waals surface area contributed by atoms with Crippen LogP contribution in [-0.2, 0) is 0 Å². The molecule has 7 heteroatoms. The minimum Gasteiger partial charge on any atom is -0.487 e. The first-order valence-corrected chi connectivity index (χ1v) is 10.4. The standard InChI is InChI=1S/C25H22N4O3/c1-15-19-12-17(14-26-23(19)29(28-15)18-7-5-4-6-8-18)27-24(31)16-9-10-22-20(11-16)21(30)13-25(2,3)32-22/h4-12,14H,13H2,1-3H3,(H,27,31). The molecule has 4 aromatic rings. The number of para-hydroxylation sites is 1. The van der Waals surface area contributed by atoms with Crippen molar-refractivity contribution < 1.29 is 14.3 Å². The van der Waals surface area contributed by atoms with Crippen LogP contribution in [0.3, 0.4) is 0 Å². The van der Waals surface area contributed by atoms with Gasteiger partial charge in [-0.3, -0.25) is 9.59 Å². The molecule has 0 saturated heterocycles. The molecule has 0 radical (unpaired) electrons. The van der Waals surface area contributed by atoms with Crippen LogP contribution in [0, 0.1) is 6.92 Å². The van der Waals surface area contributed by atoms with Gasteiger partial charge in [-0.15, -0.1) is 0 Å². The van der Waals surface area contributed by atoms with Crippen LogP contribution in [0.2, 0.25) is 0 Å². The molecule has 5 rings (SSSR count). The second kappa shape index (κ2) is 7.30. The number of hydrogen-bond acceptors (Lipinski definition) is 5. The Labute approximate surface area is 185 Å². The third-order valence-corrected chi connectivity index (χ3v) is 5.48. The summed E-state index contributed by atoms with van der Waals surface area (Å²) in [7, 11) is 0. The molecule has 160 valence electrons. The third-order valence-electron chi connectivity index (χ3n) is 5.48. The fraction of sp³-hybridized carbons (Fsp3) is 0.200. The van der Waals surface area contributed by atoms with Crippen molar-refractivity contribution in [3.63, 3.8) is 0 Å². The first kappa shape index (κ1) is 19.9. The van der Waals surface area contributed by atoms with E-state index in [0.29, 0.717) is 28.2 Å². The molecule has 7 nitrogen and oxygen atoms in total. The molecule has 1 aliphatic heterocycles. The smallest absolute Gasteiger partial charge is 0.255 e. The molecule has 0 spiro atoms. The zero-order valence-electron chi connectivity index (χ0n) is 18.0. The van der Waals surface area contributed by atoms with Gasteiger partial charge in [0.1, 0.15) is 11.4 Å². The number of hydrogen-bond donors (Lipinski definition) is 1. The molecule has 1 aliphatic rings. The second-order valence-corrected chi connectivity index (χ2v) is 8.55. The van der Waals surface area contributed by atoms with Crippen LogP contribution in [0.15, 0.2) is 60.8 Å². The van der Waals surface area contributed by atoms with Gasteiger partial charge in [0.25, 0.3) is 5.91 Å². The first-order valence-electron chi connectivity index (χ1n) is 10.4. The van der Waals surface area contributed by atoms with Crippen LogP contribution in [0.5, 0.6) is 5.75 Å². The lowest BCUT2D eigenvalue weighted by Crippen LogP contribution is -2.36. The molecular formula is C25H22N4O3. The van der Waals surface area contributed by atoms with Crippen LogP contribution in [0.4, 0.5) is 5.69 Å². The number of fused-ring (bicyclic) bond motifs is 2. The molecule has 1 amide bonds. The molecule has 32 heavy (non-hydrogen) atoms. The van der Waals surface area contributed by atoms with Gasteiger partial charge in [0.15, 0.2) is 11.4 Å². The number of amides is 1. The van der Waals surface area contributed by atoms with Crippen molar-refractivity contribution >= 4 is 28.4 Å². The lowest BCUT2D eigenvalue weighted by Gasteiger charge is -2.31. The highest BCUT2D eigenvalue weighted by Gasteiger charge is 2.32. The molecule has 1 N–H and O–H groups in total. The van der Waals surface area contributed by atoms with Gasteiger partial charge in [-0.25, -0.2) is 9.67 Å². The number of carbonyl (C=O) groups excluding carboxylic acids is 2. The number of ether oxygens (including phenoxy) is 1. The predicted octanol–water partition coefficient (Wildman–Crippen LogP) is 4.73. The van der Waals surface area contributed by atoms with E-state index in [-0.39, 0.29) is 18.1 Å². The summed E-state index contributed by atoms with van der Waals surface area (Å²) in [5.41, 5.74) is 3.27. The first-order chi connectivity index (χ1) is 15.3. The van der Waals surface area contributed by atoms with Crippen molar-refractivity contribution in [2.45, 2.75) is 32.8 Å². The monoisotopic (exact) mass is 426 g/mol. The Balaban J connectivity index is 1.43. The quantitative estimate of drug-likeness (QED) is 0.512. The molecule has 0 atom stereocenters. The Morgan fingerprint density at radius 2 is 1.91 bits per heavy atom. The molecule has 0 aliphatic carbocycles. The summed E-state index contributed by atoms with van der Waals surface area (Å²) in [6.45, 7) is 5.66. The van der Waals surface area contributed by atoms with Crippen LogP contribution < -0.4 is 10.1 Å². The maximum atomic E-state index is 12.9. The number of nitrogens with zero attached hydrogens (tertiary/aromatic N) is 3. The molecule has 0 fully saturated rings. The van der Waals surface area contributed by atoms with Crippen molar-refractivity contribution in [1.82, 2.24) is 14.8 Å². The highest BCUT2D eigenvalue weighted by Crippen LogP contribution is 2.33. The highest BCUT2D eigenvalue weighted by molar-refractivity contribution is 6.08. The number of aromatic nitrogens is 3. The number of pyridine rings is 1. The minimum atomic E-state index is -0.545. The van der Waals surface area contributed by atoms with Gasteiger partial charge in [-0.05, 0) is 57.2 Å². The topological polar surface area (TPSA) is 86.1 Å². The molecule has 3 heterocycles. The van der Waals surface area contributed by atoms with Gasteiger partial charge in [0.05, 0.1) is 35.2 Å². The highest BCUT2D eigenvalue weighted by atomic mass is 16.5. The van der Waals surface area contributed by atoms with Gasteiger partial charge < -0.3 is 10.1 Å². The van der Waals surface area contributed by atoms with Crippen molar-refractivity contribution in [1.29, 1.82) is 0 Å². The van der Waals surface area contributed by atoms with Crippen molar-refractivity contribution in [3.8, 4) is 11.4 Å². The summed E-state index contributed by atoms with van der Waals surface area (Å²) in [5, 5.41) is 8.32. The Kier molecular flexibility index (Phi) is 4.55. The number of nitrogens with one attached hydrogen (secondary N) is 1. The van der Waals surface area contributed by atoms with E-state index >= 15 is 0 Å². The predicted molar refractivity (Wildman–Crippen MR) is 122 cm³/mol. The maximum absolute atomic E-state index is 12.9.